The third kappa shape index (κ3) is 30.4. The van der Waals surface area contributed by atoms with E-state index in [0.29, 0.717) is 13.0 Å². The third-order valence-electron chi connectivity index (χ3n) is 9.89. The van der Waals surface area contributed by atoms with Crippen molar-refractivity contribution in [1.29, 1.82) is 0 Å². The Labute approximate surface area is 347 Å². The summed E-state index contributed by atoms with van der Waals surface area (Å²) in [4.78, 5) is 12.7. The van der Waals surface area contributed by atoms with Crippen LogP contribution in [0.3, 0.4) is 0 Å². The molecule has 6 unspecified atom stereocenters. The van der Waals surface area contributed by atoms with Crippen LogP contribution in [0.2, 0.25) is 0 Å². The first kappa shape index (κ1) is 52.6. The molecule has 0 saturated carbocycles. The standard InChI is InChI=1S/C48H82O9/c1-3-5-7-9-11-13-15-17-18-19-20-21-22-23-24-25-26-28-30-32-34-36-38-54-40-42(41-55-48-47(53)46(52)45(51)43(39-49)57-48)56-44(50)37-35-33-31-29-27-16-14-12-10-8-6-4-2/h5,7,11,13,17-18,20-21,23-24,26,28,42-43,45-49,51-53H,3-4,6,8-10,12,14-16,19,22,25,27,29-41H2,1-2H3/b7-5-,13-11-,18-17-,21-20-,24-23-,28-26-. The molecular formula is C48H82O9. The van der Waals surface area contributed by atoms with Crippen LogP contribution in [0.1, 0.15) is 162 Å². The summed E-state index contributed by atoms with van der Waals surface area (Å²) in [7, 11) is 0. The molecule has 0 aromatic carbocycles. The lowest BCUT2D eigenvalue weighted by atomic mass is 9.99. The van der Waals surface area contributed by atoms with E-state index < -0.39 is 43.4 Å². The first-order valence-corrected chi connectivity index (χ1v) is 22.5. The molecule has 6 atom stereocenters. The van der Waals surface area contributed by atoms with Crippen molar-refractivity contribution in [2.45, 2.75) is 198 Å². The molecule has 1 fully saturated rings. The first-order valence-electron chi connectivity index (χ1n) is 22.5. The van der Waals surface area contributed by atoms with Crippen molar-refractivity contribution in [3.05, 3.63) is 72.9 Å². The second-order valence-electron chi connectivity index (χ2n) is 15.1. The summed E-state index contributed by atoms with van der Waals surface area (Å²) in [6, 6.07) is 0. The molecule has 0 aromatic heterocycles. The van der Waals surface area contributed by atoms with E-state index in [9.17, 15) is 25.2 Å². The van der Waals surface area contributed by atoms with E-state index in [4.69, 9.17) is 18.9 Å². The highest BCUT2D eigenvalue weighted by Crippen LogP contribution is 2.22. The molecule has 1 rings (SSSR count). The van der Waals surface area contributed by atoms with E-state index in [2.05, 4.69) is 86.8 Å². The lowest BCUT2D eigenvalue weighted by Gasteiger charge is -2.39. The second-order valence-corrected chi connectivity index (χ2v) is 15.1. The van der Waals surface area contributed by atoms with Crippen LogP contribution in [0, 0.1) is 0 Å². The van der Waals surface area contributed by atoms with Crippen molar-refractivity contribution in [3.63, 3.8) is 0 Å². The van der Waals surface area contributed by atoms with Gasteiger partial charge in [-0.15, -0.1) is 0 Å². The molecule has 57 heavy (non-hydrogen) atoms. The maximum Gasteiger partial charge on any atom is 0.306 e. The highest BCUT2D eigenvalue weighted by molar-refractivity contribution is 5.69. The number of carbonyl (C=O) groups is 1. The summed E-state index contributed by atoms with van der Waals surface area (Å²) < 4.78 is 22.8. The summed E-state index contributed by atoms with van der Waals surface area (Å²) in [5.41, 5.74) is 0. The fraction of sp³-hybridized carbons (Fsp3) is 0.729. The Morgan fingerprint density at radius 3 is 1.60 bits per heavy atom. The predicted octanol–water partition coefficient (Wildman–Crippen LogP) is 10.1. The minimum absolute atomic E-state index is 0.120. The van der Waals surface area contributed by atoms with Gasteiger partial charge in [0, 0.05) is 13.0 Å². The molecule has 9 nitrogen and oxygen atoms in total. The fourth-order valence-electron chi connectivity index (χ4n) is 6.38. The van der Waals surface area contributed by atoms with E-state index >= 15 is 0 Å². The highest BCUT2D eigenvalue weighted by Gasteiger charge is 2.44. The topological polar surface area (TPSA) is 135 Å². The number of carbonyl (C=O) groups excluding carboxylic acids is 1. The minimum Gasteiger partial charge on any atom is -0.457 e. The summed E-state index contributed by atoms with van der Waals surface area (Å²) in [6.45, 7) is 4.35. The quantitative estimate of drug-likeness (QED) is 0.0275. The smallest absolute Gasteiger partial charge is 0.306 e. The van der Waals surface area contributed by atoms with E-state index in [-0.39, 0.29) is 19.2 Å². The highest BCUT2D eigenvalue weighted by atomic mass is 16.7. The van der Waals surface area contributed by atoms with Crippen LogP contribution in [0.5, 0.6) is 0 Å². The van der Waals surface area contributed by atoms with Gasteiger partial charge in [-0.05, 0) is 64.2 Å². The molecule has 1 aliphatic rings. The molecule has 1 aliphatic heterocycles. The molecular weight excluding hydrogens is 721 g/mol. The van der Waals surface area contributed by atoms with E-state index in [1.807, 2.05) is 0 Å². The van der Waals surface area contributed by atoms with E-state index in [1.54, 1.807) is 0 Å². The molecule has 0 aromatic rings. The third-order valence-corrected chi connectivity index (χ3v) is 9.89. The van der Waals surface area contributed by atoms with Gasteiger partial charge in [0.05, 0.1) is 19.8 Å². The van der Waals surface area contributed by atoms with Gasteiger partial charge in [-0.3, -0.25) is 4.79 Å². The van der Waals surface area contributed by atoms with Gasteiger partial charge in [0.15, 0.2) is 6.29 Å². The van der Waals surface area contributed by atoms with Gasteiger partial charge >= 0.3 is 5.97 Å². The zero-order chi connectivity index (χ0) is 41.4. The van der Waals surface area contributed by atoms with Gasteiger partial charge in [0.1, 0.15) is 30.5 Å². The van der Waals surface area contributed by atoms with Crippen LogP contribution >= 0.6 is 0 Å². The fourth-order valence-corrected chi connectivity index (χ4v) is 6.38. The van der Waals surface area contributed by atoms with Crippen molar-refractivity contribution in [2.75, 3.05) is 26.4 Å². The lowest BCUT2D eigenvalue weighted by molar-refractivity contribution is -0.305. The molecule has 328 valence electrons. The van der Waals surface area contributed by atoms with Crippen molar-refractivity contribution in [1.82, 2.24) is 0 Å². The average molecular weight is 803 g/mol. The van der Waals surface area contributed by atoms with Crippen LogP contribution in [0.25, 0.3) is 0 Å². The molecule has 4 N–H and O–H groups in total. The Bertz CT molecular complexity index is 1100. The van der Waals surface area contributed by atoms with Gasteiger partial charge in [-0.2, -0.15) is 0 Å². The number of rotatable bonds is 37. The maximum atomic E-state index is 12.7. The molecule has 0 spiro atoms. The first-order chi connectivity index (χ1) is 27.9. The normalized spacial score (nSPS) is 21.1. The Balaban J connectivity index is 2.29. The minimum atomic E-state index is -1.54. The second kappa shape index (κ2) is 39.1. The summed E-state index contributed by atoms with van der Waals surface area (Å²) >= 11 is 0. The monoisotopic (exact) mass is 803 g/mol. The molecule has 0 bridgehead atoms. The summed E-state index contributed by atoms with van der Waals surface area (Å²) in [6.07, 6.45) is 43.6. The SMILES string of the molecule is CC/C=C\C/C=C\C/C=C\C/C=C\C/C=C\C/C=C\CCCCCOCC(COC1OC(CO)C(O)C(O)C1O)OC(=O)CCCCCCCCCCCCCC. The van der Waals surface area contributed by atoms with Gasteiger partial charge in [0.25, 0.3) is 0 Å². The molecule has 0 amide bonds. The lowest BCUT2D eigenvalue weighted by Crippen LogP contribution is -2.59. The Morgan fingerprint density at radius 2 is 1.07 bits per heavy atom. The molecule has 0 aliphatic carbocycles. The van der Waals surface area contributed by atoms with Crippen LogP contribution in [0.15, 0.2) is 72.9 Å². The van der Waals surface area contributed by atoms with Crippen molar-refractivity contribution in [2.24, 2.45) is 0 Å². The number of unbranched alkanes of at least 4 members (excludes halogenated alkanes) is 14. The van der Waals surface area contributed by atoms with Crippen molar-refractivity contribution < 1.29 is 44.2 Å². The largest absolute Gasteiger partial charge is 0.457 e. The Kier molecular flexibility index (Phi) is 36.1. The van der Waals surface area contributed by atoms with Crippen molar-refractivity contribution in [3.8, 4) is 0 Å². The number of aliphatic hydroxyl groups excluding tert-OH is 4. The van der Waals surface area contributed by atoms with Crippen molar-refractivity contribution >= 4 is 5.97 Å². The summed E-state index contributed by atoms with van der Waals surface area (Å²) in [5.74, 6) is -0.329. The average Bonchev–Trinajstić information content (AvgIpc) is 3.21. The Morgan fingerprint density at radius 1 is 0.579 bits per heavy atom. The summed E-state index contributed by atoms with van der Waals surface area (Å²) in [5, 5.41) is 40.1. The zero-order valence-corrected chi connectivity index (χ0v) is 35.8. The van der Waals surface area contributed by atoms with Crippen LogP contribution in [-0.2, 0) is 23.7 Å². The molecule has 1 saturated heterocycles. The van der Waals surface area contributed by atoms with Gasteiger partial charge < -0.3 is 39.4 Å². The molecule has 0 radical (unpaired) electrons. The van der Waals surface area contributed by atoms with Crippen LogP contribution < -0.4 is 0 Å². The number of hydrogen-bond donors (Lipinski definition) is 4. The number of allylic oxidation sites excluding steroid dienone is 12. The van der Waals surface area contributed by atoms with E-state index in [0.717, 1.165) is 83.5 Å². The molecule has 9 heteroatoms. The van der Waals surface area contributed by atoms with Gasteiger partial charge in [-0.25, -0.2) is 0 Å². The van der Waals surface area contributed by atoms with Crippen LogP contribution in [-0.4, -0.2) is 89.6 Å². The maximum absolute atomic E-state index is 12.7. The number of esters is 1. The number of hydrogen-bond acceptors (Lipinski definition) is 9. The van der Waals surface area contributed by atoms with Crippen LogP contribution in [0.4, 0.5) is 0 Å². The van der Waals surface area contributed by atoms with Gasteiger partial charge in [0.2, 0.25) is 0 Å². The number of ether oxygens (including phenoxy) is 4. The van der Waals surface area contributed by atoms with E-state index in [1.165, 1.54) is 57.8 Å². The number of aliphatic hydroxyl groups is 4. The zero-order valence-electron chi connectivity index (χ0n) is 35.8. The molecule has 1 heterocycles. The van der Waals surface area contributed by atoms with Gasteiger partial charge in [-0.1, -0.05) is 164 Å². The Hall–Kier alpha value is -2.37. The predicted molar refractivity (Wildman–Crippen MR) is 233 cm³/mol.